The Labute approximate surface area is 126 Å². The summed E-state index contributed by atoms with van der Waals surface area (Å²) >= 11 is 5.69. The predicted molar refractivity (Wildman–Crippen MR) is 85.4 cm³/mol. The molecule has 20 heavy (non-hydrogen) atoms. The molecule has 0 amide bonds. The number of benzene rings is 1. The Hall–Kier alpha value is -0.990. The number of rotatable bonds is 6. The molecule has 3 heteroatoms. The van der Waals surface area contributed by atoms with Crippen molar-refractivity contribution in [3.63, 3.8) is 0 Å². The fraction of sp³-hybridized carbons (Fsp3) is 0.529. The van der Waals surface area contributed by atoms with Crippen LogP contribution in [0.25, 0.3) is 11.6 Å². The first-order valence-electron chi connectivity index (χ1n) is 7.63. The van der Waals surface area contributed by atoms with Crippen LogP contribution >= 0.6 is 11.6 Å². The number of hydrogen-bond donors (Lipinski definition) is 0. The van der Waals surface area contributed by atoms with Crippen LogP contribution < -0.4 is 4.74 Å². The largest absolute Gasteiger partial charge is 0.493 e. The van der Waals surface area contributed by atoms with Crippen LogP contribution in [0.1, 0.15) is 36.8 Å². The summed E-state index contributed by atoms with van der Waals surface area (Å²) < 4.78 is 5.80. The summed E-state index contributed by atoms with van der Waals surface area (Å²) in [5, 5.41) is 0. The molecule has 1 aromatic rings. The molecule has 0 N–H and O–H groups in total. The molecule has 1 heterocycles. The van der Waals surface area contributed by atoms with Crippen molar-refractivity contribution >= 4 is 23.3 Å². The van der Waals surface area contributed by atoms with Gasteiger partial charge in [-0.2, -0.15) is 0 Å². The quantitative estimate of drug-likeness (QED) is 0.579. The molecule has 1 aliphatic heterocycles. The first-order chi connectivity index (χ1) is 9.88. The van der Waals surface area contributed by atoms with Crippen LogP contribution in [0.5, 0.6) is 5.75 Å². The minimum Gasteiger partial charge on any atom is -0.493 e. The number of piperidine rings is 1. The van der Waals surface area contributed by atoms with Crippen molar-refractivity contribution in [3.05, 3.63) is 29.3 Å². The van der Waals surface area contributed by atoms with Crippen molar-refractivity contribution in [2.75, 3.05) is 32.1 Å². The fourth-order valence-electron chi connectivity index (χ4n) is 3.00. The Morgan fingerprint density at radius 3 is 2.80 bits per heavy atom. The lowest BCUT2D eigenvalue weighted by Crippen LogP contribution is -2.32. The van der Waals surface area contributed by atoms with Gasteiger partial charge in [-0.15, -0.1) is 11.6 Å². The van der Waals surface area contributed by atoms with Crippen molar-refractivity contribution in [2.45, 2.75) is 25.7 Å². The normalized spacial score (nSPS) is 18.1. The third-order valence-corrected chi connectivity index (χ3v) is 4.38. The molecular formula is C17H22ClNO. The second-order valence-corrected chi connectivity index (χ2v) is 5.99. The molecule has 108 valence electrons. The van der Waals surface area contributed by atoms with E-state index in [1.807, 2.05) is 0 Å². The van der Waals surface area contributed by atoms with Crippen molar-refractivity contribution < 1.29 is 4.74 Å². The van der Waals surface area contributed by atoms with Crippen LogP contribution in [0, 0.1) is 0 Å². The maximum Gasteiger partial charge on any atom is 0.127 e. The molecule has 0 unspecified atom stereocenters. The van der Waals surface area contributed by atoms with Gasteiger partial charge in [-0.05, 0) is 55.6 Å². The van der Waals surface area contributed by atoms with Crippen molar-refractivity contribution in [1.82, 2.24) is 4.90 Å². The zero-order valence-electron chi connectivity index (χ0n) is 11.9. The van der Waals surface area contributed by atoms with Crippen molar-refractivity contribution in [1.29, 1.82) is 0 Å². The SMILES string of the molecule is ClCCCOc1cccc2c1C=C2CN1CCCCC1. The van der Waals surface area contributed by atoms with Gasteiger partial charge in [0.25, 0.3) is 0 Å². The van der Waals surface area contributed by atoms with Crippen LogP contribution in [0.2, 0.25) is 0 Å². The molecule has 0 atom stereocenters. The summed E-state index contributed by atoms with van der Waals surface area (Å²) in [7, 11) is 0. The molecule has 3 rings (SSSR count). The number of likely N-dealkylation sites (tertiary alicyclic amines) is 1. The molecule has 0 bridgehead atoms. The second kappa shape index (κ2) is 6.64. The van der Waals surface area contributed by atoms with E-state index >= 15 is 0 Å². The van der Waals surface area contributed by atoms with Gasteiger partial charge in [0.15, 0.2) is 0 Å². The van der Waals surface area contributed by atoms with E-state index in [2.05, 4.69) is 29.2 Å². The highest BCUT2D eigenvalue weighted by Gasteiger charge is 2.22. The van der Waals surface area contributed by atoms with E-state index in [1.54, 1.807) is 0 Å². The number of halogens is 1. The molecule has 2 nitrogen and oxygen atoms in total. The van der Waals surface area contributed by atoms with Crippen LogP contribution in [0.15, 0.2) is 18.2 Å². The Kier molecular flexibility index (Phi) is 4.64. The highest BCUT2D eigenvalue weighted by atomic mass is 35.5. The van der Waals surface area contributed by atoms with Gasteiger partial charge < -0.3 is 4.74 Å². The number of hydrogen-bond acceptors (Lipinski definition) is 2. The summed E-state index contributed by atoms with van der Waals surface area (Å²) in [5.74, 6) is 1.67. The van der Waals surface area contributed by atoms with Gasteiger partial charge in [-0.3, -0.25) is 4.90 Å². The van der Waals surface area contributed by atoms with Crippen LogP contribution in [-0.2, 0) is 0 Å². The molecule has 0 saturated carbocycles. The number of nitrogens with zero attached hydrogens (tertiary/aromatic N) is 1. The van der Waals surface area contributed by atoms with Gasteiger partial charge in [-0.1, -0.05) is 18.6 Å². The zero-order valence-corrected chi connectivity index (χ0v) is 12.7. The Balaban J connectivity index is 1.61. The molecule has 0 aromatic heterocycles. The molecule has 1 fully saturated rings. The maximum absolute atomic E-state index is 5.80. The van der Waals surface area contributed by atoms with Gasteiger partial charge in [0, 0.05) is 18.0 Å². The zero-order chi connectivity index (χ0) is 13.8. The van der Waals surface area contributed by atoms with Crippen molar-refractivity contribution in [2.24, 2.45) is 0 Å². The fourth-order valence-corrected chi connectivity index (χ4v) is 3.11. The van der Waals surface area contributed by atoms with E-state index in [0.717, 1.165) is 18.7 Å². The van der Waals surface area contributed by atoms with Gasteiger partial charge >= 0.3 is 0 Å². The molecule has 2 aliphatic rings. The minimum atomic E-state index is 0.658. The third-order valence-electron chi connectivity index (χ3n) is 4.11. The third kappa shape index (κ3) is 3.02. The van der Waals surface area contributed by atoms with Crippen molar-refractivity contribution in [3.8, 4) is 5.75 Å². The summed E-state index contributed by atoms with van der Waals surface area (Å²) in [6.45, 7) is 4.30. The second-order valence-electron chi connectivity index (χ2n) is 5.61. The molecule has 1 aromatic carbocycles. The smallest absolute Gasteiger partial charge is 0.127 e. The Morgan fingerprint density at radius 1 is 1.15 bits per heavy atom. The highest BCUT2D eigenvalue weighted by molar-refractivity contribution is 6.17. The molecule has 1 aliphatic carbocycles. The van der Waals surface area contributed by atoms with Gasteiger partial charge in [0.2, 0.25) is 0 Å². The average molecular weight is 292 g/mol. The number of ether oxygens (including phenoxy) is 1. The standard InChI is InChI=1S/C17H22ClNO/c18-8-5-11-20-17-7-4-6-15-14(12-16(15)17)13-19-9-2-1-3-10-19/h4,6-7,12H,1-3,5,8-11,13H2. The van der Waals surface area contributed by atoms with E-state index in [-0.39, 0.29) is 0 Å². The van der Waals surface area contributed by atoms with E-state index < -0.39 is 0 Å². The van der Waals surface area contributed by atoms with Gasteiger partial charge in [0.1, 0.15) is 5.75 Å². The maximum atomic E-state index is 5.80. The molecular weight excluding hydrogens is 270 g/mol. The number of alkyl halides is 1. The topological polar surface area (TPSA) is 12.5 Å². The summed E-state index contributed by atoms with van der Waals surface area (Å²) in [5.41, 5.74) is 4.11. The lowest BCUT2D eigenvalue weighted by molar-refractivity contribution is 0.255. The Morgan fingerprint density at radius 2 is 2.00 bits per heavy atom. The van der Waals surface area contributed by atoms with E-state index in [4.69, 9.17) is 16.3 Å². The minimum absolute atomic E-state index is 0.658. The van der Waals surface area contributed by atoms with Gasteiger partial charge in [0.05, 0.1) is 6.61 Å². The van der Waals surface area contributed by atoms with E-state index in [0.29, 0.717) is 12.5 Å². The van der Waals surface area contributed by atoms with Crippen LogP contribution in [0.4, 0.5) is 0 Å². The summed E-state index contributed by atoms with van der Waals surface area (Å²) in [4.78, 5) is 2.57. The van der Waals surface area contributed by atoms with E-state index in [9.17, 15) is 0 Å². The van der Waals surface area contributed by atoms with Crippen LogP contribution in [-0.4, -0.2) is 37.0 Å². The predicted octanol–water partition coefficient (Wildman–Crippen LogP) is 4.03. The van der Waals surface area contributed by atoms with Gasteiger partial charge in [-0.25, -0.2) is 0 Å². The molecule has 1 saturated heterocycles. The first-order valence-corrected chi connectivity index (χ1v) is 8.17. The first kappa shape index (κ1) is 14.0. The number of fused-ring (bicyclic) bond motifs is 1. The average Bonchev–Trinajstić information content (AvgIpc) is 2.47. The summed E-state index contributed by atoms with van der Waals surface area (Å²) in [6.07, 6.45) is 7.28. The highest BCUT2D eigenvalue weighted by Crippen LogP contribution is 2.39. The summed E-state index contributed by atoms with van der Waals surface area (Å²) in [6, 6.07) is 6.36. The van der Waals surface area contributed by atoms with E-state index in [1.165, 1.54) is 49.1 Å². The lowest BCUT2D eigenvalue weighted by atomic mass is 9.87. The van der Waals surface area contributed by atoms with Crippen LogP contribution in [0.3, 0.4) is 0 Å². The lowest BCUT2D eigenvalue weighted by Gasteiger charge is -2.31. The molecule has 0 radical (unpaired) electrons. The molecule has 0 spiro atoms. The monoisotopic (exact) mass is 291 g/mol. The Bertz CT molecular complexity index is 492.